The van der Waals surface area contributed by atoms with Crippen molar-refractivity contribution in [2.24, 2.45) is 5.41 Å². The Bertz CT molecular complexity index is 1230. The second-order valence-electron chi connectivity index (χ2n) is 9.70. The minimum absolute atomic E-state index is 0.250. The van der Waals surface area contributed by atoms with Crippen LogP contribution in [0.2, 0.25) is 0 Å². The van der Waals surface area contributed by atoms with Gasteiger partial charge >= 0.3 is 0 Å². The molecule has 1 amide bonds. The highest BCUT2D eigenvalue weighted by Crippen LogP contribution is 2.54. The molecule has 0 unspecified atom stereocenters. The number of amides is 1. The lowest BCUT2D eigenvalue weighted by Crippen LogP contribution is -2.57. The minimum atomic E-state index is -2.70. The van der Waals surface area contributed by atoms with Crippen LogP contribution in [0, 0.1) is 5.41 Å². The van der Waals surface area contributed by atoms with Crippen LogP contribution in [0.15, 0.2) is 42.6 Å². The Morgan fingerprint density at radius 3 is 2.45 bits per heavy atom. The van der Waals surface area contributed by atoms with Crippen LogP contribution < -0.4 is 20.9 Å². The Hall–Kier alpha value is -3.36. The topological polar surface area (TPSA) is 78.9 Å². The third-order valence-corrected chi connectivity index (χ3v) is 7.29. The Labute approximate surface area is 190 Å². The first-order chi connectivity index (χ1) is 15.8. The zero-order valence-corrected chi connectivity index (χ0v) is 18.2. The van der Waals surface area contributed by atoms with Crippen LogP contribution in [0.3, 0.4) is 0 Å². The normalized spacial score (nSPS) is 20.7. The van der Waals surface area contributed by atoms with Gasteiger partial charge in [0.05, 0.1) is 36.1 Å². The quantitative estimate of drug-likeness (QED) is 0.585. The number of nitrogen functional groups attached to an aromatic ring is 1. The Morgan fingerprint density at radius 2 is 1.76 bits per heavy atom. The van der Waals surface area contributed by atoms with E-state index in [1.165, 1.54) is 12.8 Å². The fraction of sp³-hybridized carbons (Fsp3) is 0.417. The molecule has 172 valence electrons. The van der Waals surface area contributed by atoms with Gasteiger partial charge in [0.15, 0.2) is 0 Å². The van der Waals surface area contributed by atoms with E-state index in [9.17, 15) is 13.6 Å². The van der Waals surface area contributed by atoms with E-state index in [1.54, 1.807) is 45.9 Å². The molecule has 2 aromatic heterocycles. The predicted octanol–water partition coefficient (Wildman–Crippen LogP) is 4.00. The van der Waals surface area contributed by atoms with Crippen molar-refractivity contribution in [3.63, 3.8) is 0 Å². The number of nitrogens with one attached hydrogen (secondary N) is 1. The van der Waals surface area contributed by atoms with Gasteiger partial charge in [-0.3, -0.25) is 4.79 Å². The van der Waals surface area contributed by atoms with Gasteiger partial charge in [0, 0.05) is 30.5 Å². The minimum Gasteiger partial charge on any atom is -0.399 e. The summed E-state index contributed by atoms with van der Waals surface area (Å²) in [6.45, 7) is 1.10. The number of carbonyl (C=O) groups excluding carboxylic acids is 1. The van der Waals surface area contributed by atoms with Crippen molar-refractivity contribution >= 4 is 34.3 Å². The predicted molar refractivity (Wildman–Crippen MR) is 124 cm³/mol. The van der Waals surface area contributed by atoms with Crippen molar-refractivity contribution in [1.82, 2.24) is 9.61 Å². The van der Waals surface area contributed by atoms with Crippen molar-refractivity contribution in [2.75, 3.05) is 47.0 Å². The molecular formula is C24H26F2N6O. The summed E-state index contributed by atoms with van der Waals surface area (Å²) in [4.78, 5) is 17.1. The van der Waals surface area contributed by atoms with Crippen molar-refractivity contribution in [2.45, 2.75) is 31.6 Å². The first-order valence-electron chi connectivity index (χ1n) is 11.4. The number of halogens is 2. The molecular weight excluding hydrogens is 426 g/mol. The molecule has 3 aliphatic rings. The number of alkyl halides is 2. The Kier molecular flexibility index (Phi) is 4.34. The number of benzene rings is 1. The molecule has 3 aromatic rings. The lowest BCUT2D eigenvalue weighted by molar-refractivity contribution is -0.0268. The summed E-state index contributed by atoms with van der Waals surface area (Å²) < 4.78 is 28.6. The van der Waals surface area contributed by atoms with E-state index in [0.717, 1.165) is 37.1 Å². The smallest absolute Gasteiger partial charge is 0.282 e. The summed E-state index contributed by atoms with van der Waals surface area (Å²) in [5, 5.41) is 7.22. The average molecular weight is 453 g/mol. The number of piperidine rings is 1. The number of aromatic nitrogens is 2. The molecule has 0 bridgehead atoms. The summed E-state index contributed by atoms with van der Waals surface area (Å²) >= 11 is 0. The maximum Gasteiger partial charge on any atom is 0.282 e. The lowest BCUT2D eigenvalue weighted by atomic mass is 9.93. The van der Waals surface area contributed by atoms with E-state index in [-0.39, 0.29) is 19.0 Å². The number of anilines is 4. The van der Waals surface area contributed by atoms with E-state index in [4.69, 9.17) is 5.73 Å². The van der Waals surface area contributed by atoms with Crippen LogP contribution >= 0.6 is 0 Å². The van der Waals surface area contributed by atoms with E-state index in [1.807, 2.05) is 6.07 Å². The summed E-state index contributed by atoms with van der Waals surface area (Å²) in [6, 6.07) is 10.6. The summed E-state index contributed by atoms with van der Waals surface area (Å²) in [5.74, 6) is -2.42. The Balaban J connectivity index is 1.28. The number of hydrogen-bond donors (Lipinski definition) is 2. The first-order valence-corrected chi connectivity index (χ1v) is 11.4. The maximum absolute atomic E-state index is 13.5. The maximum atomic E-state index is 13.5. The summed E-state index contributed by atoms with van der Waals surface area (Å²) in [7, 11) is 0. The van der Waals surface area contributed by atoms with Crippen LogP contribution in [0.5, 0.6) is 0 Å². The highest BCUT2D eigenvalue weighted by Gasteiger charge is 2.45. The second kappa shape index (κ2) is 7.07. The molecule has 0 atom stereocenters. The molecule has 0 radical (unpaired) electrons. The second-order valence-corrected chi connectivity index (χ2v) is 9.70. The molecule has 1 spiro atoms. The van der Waals surface area contributed by atoms with Crippen LogP contribution in [-0.4, -0.2) is 47.6 Å². The number of carbonyl (C=O) groups is 1. The highest BCUT2D eigenvalue weighted by molar-refractivity contribution is 6.09. The molecule has 1 saturated carbocycles. The standard InChI is InChI=1S/C24H26F2N6O/c25-24(26)14-31(15-24)21-13-17(12-18-3-8-28-32(18)21)29-22(33)19-2-1-16(27)11-20(19)30-9-6-23(4-5-23)7-10-30/h1-3,8,11-13H,4-7,9-10,14-15,27H2,(H,29,33). The first kappa shape index (κ1) is 20.3. The fourth-order valence-electron chi connectivity index (χ4n) is 5.09. The molecule has 2 saturated heterocycles. The van der Waals surface area contributed by atoms with Crippen molar-refractivity contribution < 1.29 is 13.6 Å². The van der Waals surface area contributed by atoms with Crippen molar-refractivity contribution in [3.8, 4) is 0 Å². The molecule has 6 rings (SSSR count). The number of pyridine rings is 1. The van der Waals surface area contributed by atoms with Gasteiger partial charge in [0.25, 0.3) is 11.8 Å². The van der Waals surface area contributed by atoms with Crippen molar-refractivity contribution in [1.29, 1.82) is 0 Å². The molecule has 3 N–H and O–H groups in total. The van der Waals surface area contributed by atoms with Gasteiger partial charge in [0.1, 0.15) is 5.82 Å². The zero-order chi connectivity index (χ0) is 22.8. The van der Waals surface area contributed by atoms with Crippen LogP contribution in [0.25, 0.3) is 5.52 Å². The van der Waals surface area contributed by atoms with Gasteiger partial charge in [-0.25, -0.2) is 13.3 Å². The molecule has 33 heavy (non-hydrogen) atoms. The summed E-state index contributed by atoms with van der Waals surface area (Å²) in [5.41, 5.74) is 9.88. The monoisotopic (exact) mass is 452 g/mol. The molecule has 3 fully saturated rings. The van der Waals surface area contributed by atoms with Gasteiger partial charge < -0.3 is 20.9 Å². The summed E-state index contributed by atoms with van der Waals surface area (Å²) in [6.07, 6.45) is 6.53. The van der Waals surface area contributed by atoms with Crippen molar-refractivity contribution in [3.05, 3.63) is 48.2 Å². The van der Waals surface area contributed by atoms with Crippen LogP contribution in [0.4, 0.5) is 31.7 Å². The lowest BCUT2D eigenvalue weighted by Gasteiger charge is -2.40. The van der Waals surface area contributed by atoms with E-state index >= 15 is 0 Å². The van der Waals surface area contributed by atoms with Gasteiger partial charge in [-0.15, -0.1) is 0 Å². The molecule has 2 aliphatic heterocycles. The zero-order valence-electron chi connectivity index (χ0n) is 18.2. The SMILES string of the molecule is Nc1ccc(C(=O)Nc2cc(N3CC(F)(F)C3)n3nccc3c2)c(N2CCC3(CC2)CC3)c1. The molecule has 7 nitrogen and oxygen atoms in total. The van der Waals surface area contributed by atoms with Gasteiger partial charge in [0.2, 0.25) is 0 Å². The van der Waals surface area contributed by atoms with Gasteiger partial charge in [-0.2, -0.15) is 5.10 Å². The van der Waals surface area contributed by atoms with Crippen LogP contribution in [-0.2, 0) is 0 Å². The molecule has 4 heterocycles. The number of hydrogen-bond acceptors (Lipinski definition) is 5. The Morgan fingerprint density at radius 1 is 1.00 bits per heavy atom. The van der Waals surface area contributed by atoms with Crippen LogP contribution in [0.1, 0.15) is 36.0 Å². The molecule has 1 aliphatic carbocycles. The number of nitrogens with zero attached hydrogens (tertiary/aromatic N) is 4. The highest BCUT2D eigenvalue weighted by atomic mass is 19.3. The van der Waals surface area contributed by atoms with E-state index in [2.05, 4.69) is 15.3 Å². The van der Waals surface area contributed by atoms with Gasteiger partial charge in [-0.05, 0) is 61.4 Å². The third-order valence-electron chi connectivity index (χ3n) is 7.29. The average Bonchev–Trinajstić information content (AvgIpc) is 3.34. The molecule has 9 heteroatoms. The largest absolute Gasteiger partial charge is 0.399 e. The van der Waals surface area contributed by atoms with E-state index in [0.29, 0.717) is 28.2 Å². The van der Waals surface area contributed by atoms with Gasteiger partial charge in [-0.1, -0.05) is 0 Å². The third kappa shape index (κ3) is 3.65. The van der Waals surface area contributed by atoms with E-state index < -0.39 is 5.92 Å². The fourth-order valence-corrected chi connectivity index (χ4v) is 5.09. The number of rotatable bonds is 4. The number of nitrogens with two attached hydrogens (primary N) is 1. The number of fused-ring (bicyclic) bond motifs is 1. The molecule has 1 aromatic carbocycles.